The zero-order valence-corrected chi connectivity index (χ0v) is 16.0. The molecule has 0 aliphatic heterocycles. The Labute approximate surface area is 151 Å². The molecule has 5 nitrogen and oxygen atoms in total. The Hall–Kier alpha value is -0.620. The van der Waals surface area contributed by atoms with Crippen LogP contribution in [0.15, 0.2) is 0 Å². The highest BCUT2D eigenvalue weighted by Gasteiger charge is 2.33. The van der Waals surface area contributed by atoms with Crippen LogP contribution in [0.4, 0.5) is 0 Å². The van der Waals surface area contributed by atoms with Crippen LogP contribution >= 0.6 is 35.7 Å². The third kappa shape index (κ3) is 12.5. The minimum Gasteiger partial charge on any atom is -0.481 e. The second-order valence-corrected chi connectivity index (χ2v) is 8.92. The molecular weight excluding hydrogens is 354 g/mol. The summed E-state index contributed by atoms with van der Waals surface area (Å²) in [6, 6.07) is 0. The van der Waals surface area contributed by atoms with Gasteiger partial charge in [0.1, 0.15) is 9.31 Å². The van der Waals surface area contributed by atoms with Crippen molar-refractivity contribution in [1.82, 2.24) is 0 Å². The maximum Gasteiger partial charge on any atom is 0.305 e. The van der Waals surface area contributed by atoms with E-state index in [1.807, 2.05) is 13.8 Å². The molecule has 8 heteroatoms. The largest absolute Gasteiger partial charge is 0.481 e. The lowest BCUT2D eigenvalue weighted by Crippen LogP contribution is -2.18. The molecule has 0 amide bonds. The van der Waals surface area contributed by atoms with E-state index in [0.29, 0.717) is 32.3 Å². The van der Waals surface area contributed by atoms with Gasteiger partial charge in [0, 0.05) is 32.8 Å². The summed E-state index contributed by atoms with van der Waals surface area (Å²) in [7, 11) is 0. The average molecular weight is 378 g/mol. The highest BCUT2D eigenvalue weighted by atomic mass is 32.2. The quantitative estimate of drug-likeness (QED) is 0.313. The molecule has 0 aromatic rings. The number of carbonyl (C=O) groups excluding carboxylic acids is 1. The number of ether oxygens (including phenoxy) is 1. The maximum absolute atomic E-state index is 11.9. The molecule has 0 aromatic heterocycles. The van der Waals surface area contributed by atoms with E-state index in [4.69, 9.17) is 28.6 Å². The molecule has 0 spiro atoms. The van der Waals surface area contributed by atoms with Crippen molar-refractivity contribution in [1.29, 1.82) is 0 Å². The van der Waals surface area contributed by atoms with Gasteiger partial charge in [0.15, 0.2) is 0 Å². The molecule has 1 atom stereocenters. The number of aliphatic carboxylic acids is 1. The molecule has 0 aliphatic carbocycles. The SMILES string of the molecule is [C-]#[N+]C(C)(CCC(=O)CCCOCCC(=O)O)SC(=S)SCC. The van der Waals surface area contributed by atoms with Crippen molar-refractivity contribution in [3.05, 3.63) is 11.4 Å². The van der Waals surface area contributed by atoms with Gasteiger partial charge in [-0.3, -0.25) is 14.4 Å². The van der Waals surface area contributed by atoms with Crippen molar-refractivity contribution >= 4 is 51.0 Å². The van der Waals surface area contributed by atoms with Crippen LogP contribution in [0.25, 0.3) is 4.85 Å². The van der Waals surface area contributed by atoms with Crippen molar-refractivity contribution in [2.45, 2.75) is 50.8 Å². The summed E-state index contributed by atoms with van der Waals surface area (Å²) < 4.78 is 5.88. The smallest absolute Gasteiger partial charge is 0.305 e. The number of carbonyl (C=O) groups is 2. The van der Waals surface area contributed by atoms with E-state index in [2.05, 4.69) is 4.85 Å². The first-order chi connectivity index (χ1) is 10.8. The van der Waals surface area contributed by atoms with E-state index in [1.165, 1.54) is 23.5 Å². The third-order valence-corrected chi connectivity index (χ3v) is 5.51. The molecule has 0 aliphatic rings. The van der Waals surface area contributed by atoms with Crippen LogP contribution in [-0.4, -0.2) is 44.2 Å². The molecule has 1 N–H and O–H groups in total. The maximum atomic E-state index is 11.9. The Bertz CT molecular complexity index is 450. The Kier molecular flexibility index (Phi) is 12.4. The Balaban J connectivity index is 3.94. The number of nitrogens with zero attached hydrogens (tertiary/aromatic N) is 1. The van der Waals surface area contributed by atoms with Gasteiger partial charge >= 0.3 is 5.97 Å². The number of carboxylic acids is 1. The molecular formula is C15H23NO4S3. The summed E-state index contributed by atoms with van der Waals surface area (Å²) in [5, 5.41) is 8.45. The van der Waals surface area contributed by atoms with Crippen molar-refractivity contribution in [2.75, 3.05) is 19.0 Å². The van der Waals surface area contributed by atoms with Crippen molar-refractivity contribution in [2.24, 2.45) is 0 Å². The van der Waals surface area contributed by atoms with Crippen LogP contribution in [-0.2, 0) is 14.3 Å². The lowest BCUT2D eigenvalue weighted by atomic mass is 10.1. The fourth-order valence-electron chi connectivity index (χ4n) is 1.59. The fourth-order valence-corrected chi connectivity index (χ4v) is 4.45. The Morgan fingerprint density at radius 2 is 2.00 bits per heavy atom. The topological polar surface area (TPSA) is 68.0 Å². The number of hydrogen-bond acceptors (Lipinski definition) is 6. The van der Waals surface area contributed by atoms with Gasteiger partial charge in [0.05, 0.1) is 13.0 Å². The minimum absolute atomic E-state index is 0.0236. The van der Waals surface area contributed by atoms with E-state index < -0.39 is 10.8 Å². The highest BCUT2D eigenvalue weighted by Crippen LogP contribution is 2.36. The number of Topliss-reactive ketones (excluding diaryl/α,β-unsaturated/α-hetero) is 1. The number of ketones is 1. The standard InChI is InChI=1S/C15H23NO4S3/c1-4-22-14(21)23-15(2,16-3)9-7-12(17)6-5-10-20-11-8-13(18)19/h4-11H2,1-2H3,(H,18,19). The zero-order valence-electron chi connectivity index (χ0n) is 13.5. The van der Waals surface area contributed by atoms with E-state index in [0.717, 1.165) is 9.28 Å². The Morgan fingerprint density at radius 3 is 2.57 bits per heavy atom. The first-order valence-electron chi connectivity index (χ1n) is 7.38. The molecule has 1 unspecified atom stereocenters. The van der Waals surface area contributed by atoms with E-state index in [1.54, 1.807) is 0 Å². The minimum atomic E-state index is -0.892. The number of carboxylic acid groups (broad SMARTS) is 1. The van der Waals surface area contributed by atoms with Crippen LogP contribution in [0.5, 0.6) is 0 Å². The van der Waals surface area contributed by atoms with Gasteiger partial charge in [-0.15, -0.1) is 11.8 Å². The lowest BCUT2D eigenvalue weighted by Gasteiger charge is -2.16. The number of rotatable bonds is 12. The normalized spacial score (nSPS) is 13.1. The summed E-state index contributed by atoms with van der Waals surface area (Å²) in [5.41, 5.74) is 0. The molecule has 130 valence electrons. The van der Waals surface area contributed by atoms with Crippen LogP contribution < -0.4 is 0 Å². The van der Waals surface area contributed by atoms with Crippen molar-refractivity contribution < 1.29 is 19.4 Å². The molecule has 0 heterocycles. The molecule has 0 saturated heterocycles. The van der Waals surface area contributed by atoms with Crippen LogP contribution in [0.3, 0.4) is 0 Å². The zero-order chi connectivity index (χ0) is 17.7. The first-order valence-corrected chi connectivity index (χ1v) is 9.59. The monoisotopic (exact) mass is 377 g/mol. The number of hydrogen-bond donors (Lipinski definition) is 1. The Morgan fingerprint density at radius 1 is 1.30 bits per heavy atom. The second-order valence-electron chi connectivity index (χ2n) is 4.97. The van der Waals surface area contributed by atoms with Gasteiger partial charge in [0.25, 0.3) is 4.87 Å². The lowest BCUT2D eigenvalue weighted by molar-refractivity contribution is -0.138. The number of thiocarbonyl (C=S) groups is 1. The summed E-state index contributed by atoms with van der Waals surface area (Å²) in [6.45, 7) is 11.7. The van der Waals surface area contributed by atoms with Gasteiger partial charge in [0.2, 0.25) is 0 Å². The van der Waals surface area contributed by atoms with E-state index >= 15 is 0 Å². The van der Waals surface area contributed by atoms with Crippen LogP contribution in [0, 0.1) is 6.57 Å². The van der Waals surface area contributed by atoms with Crippen LogP contribution in [0.2, 0.25) is 0 Å². The fraction of sp³-hybridized carbons (Fsp3) is 0.733. The van der Waals surface area contributed by atoms with Crippen LogP contribution in [0.1, 0.15) is 46.0 Å². The first kappa shape index (κ1) is 22.4. The van der Waals surface area contributed by atoms with Gasteiger partial charge in [-0.2, -0.15) is 0 Å². The summed E-state index contributed by atoms with van der Waals surface area (Å²) >= 11 is 8.11. The summed E-state index contributed by atoms with van der Waals surface area (Å²) in [5.74, 6) is 0.0771. The molecule has 23 heavy (non-hydrogen) atoms. The third-order valence-electron chi connectivity index (χ3n) is 2.87. The van der Waals surface area contributed by atoms with Crippen molar-refractivity contribution in [3.8, 4) is 0 Å². The molecule has 0 radical (unpaired) electrons. The summed E-state index contributed by atoms with van der Waals surface area (Å²) in [6.07, 6.45) is 1.76. The van der Waals surface area contributed by atoms with Crippen molar-refractivity contribution in [3.63, 3.8) is 0 Å². The molecule has 0 bridgehead atoms. The molecule has 0 fully saturated rings. The second kappa shape index (κ2) is 12.8. The van der Waals surface area contributed by atoms with Gasteiger partial charge in [-0.1, -0.05) is 19.1 Å². The highest BCUT2D eigenvalue weighted by molar-refractivity contribution is 8.47. The molecule has 0 aromatic carbocycles. The van der Waals surface area contributed by atoms with Gasteiger partial charge in [-0.05, 0) is 23.9 Å². The average Bonchev–Trinajstić information content (AvgIpc) is 2.48. The molecule has 0 rings (SSSR count). The van der Waals surface area contributed by atoms with Gasteiger partial charge < -0.3 is 9.84 Å². The van der Waals surface area contributed by atoms with E-state index in [-0.39, 0.29) is 18.8 Å². The summed E-state index contributed by atoms with van der Waals surface area (Å²) in [4.78, 5) is 25.1. The van der Waals surface area contributed by atoms with E-state index in [9.17, 15) is 9.59 Å². The van der Waals surface area contributed by atoms with Gasteiger partial charge in [-0.25, -0.2) is 6.57 Å². The predicted octanol–water partition coefficient (Wildman–Crippen LogP) is 4.01. The number of thioether (sulfide) groups is 2. The predicted molar refractivity (Wildman–Crippen MR) is 99.9 cm³/mol. The molecule has 0 saturated carbocycles.